The summed E-state index contributed by atoms with van der Waals surface area (Å²) in [4.78, 5) is 4.43. The molecule has 3 nitrogen and oxygen atoms in total. The smallest absolute Gasteiger partial charge is 0.0955 e. The number of nitrogens with zero attached hydrogens (tertiary/aromatic N) is 2. The summed E-state index contributed by atoms with van der Waals surface area (Å²) in [5.74, 6) is 0.682. The van der Waals surface area contributed by atoms with Crippen LogP contribution in [0, 0.1) is 0 Å². The van der Waals surface area contributed by atoms with E-state index in [2.05, 4.69) is 27.8 Å². The first kappa shape index (κ1) is 10.8. The Labute approximate surface area is 102 Å². The molecule has 0 unspecified atom stereocenters. The molecule has 1 aromatic heterocycles. The second-order valence-corrected chi connectivity index (χ2v) is 5.22. The summed E-state index contributed by atoms with van der Waals surface area (Å²) in [6, 6.07) is 7.11. The number of hydrogen-bond donors (Lipinski definition) is 1. The van der Waals surface area contributed by atoms with Gasteiger partial charge in [0.15, 0.2) is 0 Å². The molecule has 17 heavy (non-hydrogen) atoms. The predicted molar refractivity (Wildman–Crippen MR) is 69.9 cm³/mol. The van der Waals surface area contributed by atoms with E-state index >= 15 is 0 Å². The minimum Gasteiger partial charge on any atom is -0.334 e. The first-order chi connectivity index (χ1) is 8.24. The molecule has 0 bridgehead atoms. The minimum atomic E-state index is 0.421. The second-order valence-electron chi connectivity index (χ2n) is 5.22. The lowest BCUT2D eigenvalue weighted by Gasteiger charge is -2.26. The summed E-state index contributed by atoms with van der Waals surface area (Å²) in [6.45, 7) is 0. The van der Waals surface area contributed by atoms with E-state index in [-0.39, 0.29) is 0 Å². The monoisotopic (exact) mass is 229 g/mol. The van der Waals surface area contributed by atoms with E-state index in [1.165, 1.54) is 23.9 Å². The Hall–Kier alpha value is -1.35. The molecule has 1 aliphatic rings. The van der Waals surface area contributed by atoms with Gasteiger partial charge in [0.25, 0.3) is 0 Å². The maximum Gasteiger partial charge on any atom is 0.0955 e. The normalized spacial score (nSPS) is 25.3. The van der Waals surface area contributed by atoms with Gasteiger partial charge in [0.05, 0.1) is 17.4 Å². The van der Waals surface area contributed by atoms with Crippen molar-refractivity contribution in [3.05, 3.63) is 30.1 Å². The van der Waals surface area contributed by atoms with Gasteiger partial charge < -0.3 is 10.3 Å². The number of imidazole rings is 1. The molecule has 1 heterocycles. The highest BCUT2D eigenvalue weighted by molar-refractivity contribution is 5.76. The number of fused-ring (bicyclic) bond motifs is 1. The van der Waals surface area contributed by atoms with Crippen molar-refractivity contribution in [3.8, 4) is 0 Å². The minimum absolute atomic E-state index is 0.421. The maximum atomic E-state index is 5.95. The van der Waals surface area contributed by atoms with Crippen molar-refractivity contribution in [1.82, 2.24) is 9.55 Å². The molecular weight excluding hydrogens is 210 g/mol. The fourth-order valence-electron chi connectivity index (χ4n) is 2.86. The van der Waals surface area contributed by atoms with Crippen LogP contribution in [0.25, 0.3) is 11.0 Å². The molecule has 1 aromatic carbocycles. The van der Waals surface area contributed by atoms with Crippen LogP contribution in [0.1, 0.15) is 37.2 Å². The van der Waals surface area contributed by atoms with Gasteiger partial charge in [-0.05, 0) is 49.3 Å². The lowest BCUT2D eigenvalue weighted by atomic mass is 9.82. The molecule has 0 atom stereocenters. The molecule has 0 amide bonds. The summed E-state index contributed by atoms with van der Waals surface area (Å²) in [5.41, 5.74) is 9.71. The molecule has 0 radical (unpaired) electrons. The van der Waals surface area contributed by atoms with E-state index in [9.17, 15) is 0 Å². The molecule has 2 aromatic rings. The second kappa shape index (κ2) is 4.15. The van der Waals surface area contributed by atoms with Crippen molar-refractivity contribution in [1.29, 1.82) is 0 Å². The Morgan fingerprint density at radius 1 is 1.24 bits per heavy atom. The van der Waals surface area contributed by atoms with Gasteiger partial charge in [0.1, 0.15) is 0 Å². The number of nitrogens with two attached hydrogens (primary N) is 1. The van der Waals surface area contributed by atoms with Gasteiger partial charge in [-0.3, -0.25) is 0 Å². The topological polar surface area (TPSA) is 43.8 Å². The van der Waals surface area contributed by atoms with Gasteiger partial charge in [-0.15, -0.1) is 0 Å². The fraction of sp³-hybridized carbons (Fsp3) is 0.500. The SMILES string of the molecule is Cn1cnc2cc(C3CCC(N)CC3)ccc21. The van der Waals surface area contributed by atoms with Gasteiger partial charge in [-0.25, -0.2) is 4.98 Å². The molecule has 2 N–H and O–H groups in total. The number of rotatable bonds is 1. The number of aromatic nitrogens is 2. The fourth-order valence-corrected chi connectivity index (χ4v) is 2.86. The highest BCUT2D eigenvalue weighted by atomic mass is 15.0. The van der Waals surface area contributed by atoms with E-state index < -0.39 is 0 Å². The van der Waals surface area contributed by atoms with Gasteiger partial charge in [-0.2, -0.15) is 0 Å². The summed E-state index contributed by atoms with van der Waals surface area (Å²) in [7, 11) is 2.04. The number of aryl methyl sites for hydroxylation is 1. The Kier molecular flexibility index (Phi) is 2.63. The van der Waals surface area contributed by atoms with Crippen LogP contribution in [0.5, 0.6) is 0 Å². The summed E-state index contributed by atoms with van der Waals surface area (Å²) < 4.78 is 2.07. The van der Waals surface area contributed by atoms with Crippen LogP contribution in [-0.2, 0) is 7.05 Å². The third kappa shape index (κ3) is 1.95. The van der Waals surface area contributed by atoms with Crippen LogP contribution in [0.4, 0.5) is 0 Å². The highest BCUT2D eigenvalue weighted by Crippen LogP contribution is 2.33. The largest absolute Gasteiger partial charge is 0.334 e. The maximum absolute atomic E-state index is 5.95. The third-order valence-electron chi connectivity index (χ3n) is 3.99. The Balaban J connectivity index is 1.90. The molecule has 0 saturated heterocycles. The summed E-state index contributed by atoms with van der Waals surface area (Å²) in [5, 5.41) is 0. The molecule has 1 saturated carbocycles. The van der Waals surface area contributed by atoms with Gasteiger partial charge >= 0.3 is 0 Å². The Bertz CT molecular complexity index is 521. The zero-order valence-electron chi connectivity index (χ0n) is 10.3. The highest BCUT2D eigenvalue weighted by Gasteiger charge is 2.20. The Morgan fingerprint density at radius 3 is 2.76 bits per heavy atom. The van der Waals surface area contributed by atoms with Crippen molar-refractivity contribution in [3.63, 3.8) is 0 Å². The zero-order chi connectivity index (χ0) is 11.8. The van der Waals surface area contributed by atoms with Crippen LogP contribution in [0.3, 0.4) is 0 Å². The Morgan fingerprint density at radius 2 is 2.00 bits per heavy atom. The number of benzene rings is 1. The average Bonchev–Trinajstić information content (AvgIpc) is 2.72. The molecule has 1 aliphatic carbocycles. The van der Waals surface area contributed by atoms with E-state index in [0.29, 0.717) is 12.0 Å². The zero-order valence-corrected chi connectivity index (χ0v) is 10.3. The van der Waals surface area contributed by atoms with Gasteiger partial charge in [0.2, 0.25) is 0 Å². The lowest BCUT2D eigenvalue weighted by Crippen LogP contribution is -2.25. The van der Waals surface area contributed by atoms with Gasteiger partial charge in [-0.1, -0.05) is 6.07 Å². The molecule has 3 heteroatoms. The van der Waals surface area contributed by atoms with Crippen molar-refractivity contribution >= 4 is 11.0 Å². The van der Waals surface area contributed by atoms with Crippen LogP contribution >= 0.6 is 0 Å². The van der Waals surface area contributed by atoms with Crippen molar-refractivity contribution in [2.24, 2.45) is 12.8 Å². The first-order valence-corrected chi connectivity index (χ1v) is 6.40. The molecular formula is C14H19N3. The van der Waals surface area contributed by atoms with Crippen molar-refractivity contribution < 1.29 is 0 Å². The predicted octanol–water partition coefficient (Wildman–Crippen LogP) is 2.56. The van der Waals surface area contributed by atoms with E-state index in [1.54, 1.807) is 0 Å². The van der Waals surface area contributed by atoms with Crippen molar-refractivity contribution in [2.45, 2.75) is 37.6 Å². The summed E-state index contributed by atoms with van der Waals surface area (Å²) >= 11 is 0. The van der Waals surface area contributed by atoms with Crippen LogP contribution < -0.4 is 5.73 Å². The van der Waals surface area contributed by atoms with E-state index in [1.807, 2.05) is 13.4 Å². The van der Waals surface area contributed by atoms with E-state index in [4.69, 9.17) is 5.73 Å². The first-order valence-electron chi connectivity index (χ1n) is 6.40. The summed E-state index contributed by atoms with van der Waals surface area (Å²) in [6.07, 6.45) is 6.64. The molecule has 0 spiro atoms. The standard InChI is InChI=1S/C14H19N3/c1-17-9-16-13-8-11(4-7-14(13)17)10-2-5-12(15)6-3-10/h4,7-10,12H,2-3,5-6,15H2,1H3. The van der Waals surface area contributed by atoms with E-state index in [0.717, 1.165) is 18.4 Å². The molecule has 90 valence electrons. The van der Waals surface area contributed by atoms with Crippen LogP contribution in [0.15, 0.2) is 24.5 Å². The van der Waals surface area contributed by atoms with Crippen LogP contribution in [0.2, 0.25) is 0 Å². The van der Waals surface area contributed by atoms with Crippen molar-refractivity contribution in [2.75, 3.05) is 0 Å². The van der Waals surface area contributed by atoms with Crippen LogP contribution in [-0.4, -0.2) is 15.6 Å². The molecule has 3 rings (SSSR count). The third-order valence-corrected chi connectivity index (χ3v) is 3.99. The molecule has 0 aliphatic heterocycles. The quantitative estimate of drug-likeness (QED) is 0.816. The van der Waals surface area contributed by atoms with Gasteiger partial charge in [0, 0.05) is 13.1 Å². The molecule has 1 fully saturated rings. The average molecular weight is 229 g/mol. The lowest BCUT2D eigenvalue weighted by molar-refractivity contribution is 0.396. The number of hydrogen-bond acceptors (Lipinski definition) is 2.